The molecule has 2 aliphatic rings. The van der Waals surface area contributed by atoms with Gasteiger partial charge >= 0.3 is 5.63 Å². The van der Waals surface area contributed by atoms with Gasteiger partial charge in [-0.1, -0.05) is 12.2 Å². The Morgan fingerprint density at radius 1 is 1.11 bits per heavy atom. The van der Waals surface area contributed by atoms with Crippen LogP contribution >= 0.6 is 0 Å². The Morgan fingerprint density at radius 2 is 2.00 bits per heavy atom. The molecule has 5 nitrogen and oxygen atoms in total. The number of aliphatic hydroxyl groups is 1. The zero-order valence-electron chi connectivity index (χ0n) is 15.2. The van der Waals surface area contributed by atoms with Crippen molar-refractivity contribution < 1.29 is 14.3 Å². The second-order valence-electron chi connectivity index (χ2n) is 7.46. The van der Waals surface area contributed by atoms with E-state index in [0.29, 0.717) is 5.58 Å². The first-order valence-electron chi connectivity index (χ1n) is 9.76. The Balaban J connectivity index is 1.82. The van der Waals surface area contributed by atoms with E-state index in [1.54, 1.807) is 0 Å². The molecule has 5 heteroatoms. The number of aliphatic hydroxyl groups excluding tert-OH is 1. The Morgan fingerprint density at radius 3 is 2.85 bits per heavy atom. The molecule has 1 N–H and O–H groups in total. The number of fused-ring (bicyclic) bond motifs is 5. The van der Waals surface area contributed by atoms with Gasteiger partial charge in [-0.3, -0.25) is 0 Å². The molecule has 1 fully saturated rings. The van der Waals surface area contributed by atoms with E-state index in [9.17, 15) is 9.90 Å². The van der Waals surface area contributed by atoms with Crippen molar-refractivity contribution in [3.05, 3.63) is 58.1 Å². The molecule has 0 amide bonds. The number of rotatable bonds is 2. The maximum absolute atomic E-state index is 11.7. The van der Waals surface area contributed by atoms with Gasteiger partial charge in [-0.15, -0.1) is 0 Å². The molecule has 5 rings (SSSR count). The van der Waals surface area contributed by atoms with E-state index < -0.39 is 0 Å². The lowest BCUT2D eigenvalue weighted by Gasteiger charge is -2.20. The summed E-state index contributed by atoms with van der Waals surface area (Å²) in [6.45, 7) is 0.0518. The van der Waals surface area contributed by atoms with Crippen LogP contribution in [0.25, 0.3) is 21.9 Å². The van der Waals surface area contributed by atoms with Crippen LogP contribution in [0.5, 0.6) is 0 Å². The number of hydrogen-bond donors (Lipinski definition) is 1. The van der Waals surface area contributed by atoms with Gasteiger partial charge in [0.2, 0.25) is 0 Å². The summed E-state index contributed by atoms with van der Waals surface area (Å²) in [6.07, 6.45) is 10.1. The van der Waals surface area contributed by atoms with Crippen LogP contribution in [0.4, 0.5) is 0 Å². The summed E-state index contributed by atoms with van der Waals surface area (Å²) in [7, 11) is 0. The van der Waals surface area contributed by atoms with Gasteiger partial charge in [0.05, 0.1) is 18.2 Å². The lowest BCUT2D eigenvalue weighted by molar-refractivity contribution is -0.0213. The minimum atomic E-state index is -0.335. The fourth-order valence-electron chi connectivity index (χ4n) is 4.61. The third-order valence-corrected chi connectivity index (χ3v) is 5.83. The summed E-state index contributed by atoms with van der Waals surface area (Å²) in [4.78, 5) is 11.7. The average Bonchev–Trinajstić information content (AvgIpc) is 3.23. The van der Waals surface area contributed by atoms with Crippen molar-refractivity contribution in [2.24, 2.45) is 0 Å². The molecular formula is C22H23NO4. The van der Waals surface area contributed by atoms with Crippen LogP contribution in [0.3, 0.4) is 0 Å². The molecule has 1 saturated heterocycles. The molecule has 2 atom stereocenters. The van der Waals surface area contributed by atoms with E-state index in [2.05, 4.69) is 22.8 Å². The monoisotopic (exact) mass is 365 g/mol. The number of nitrogens with zero attached hydrogens (tertiary/aromatic N) is 1. The molecule has 0 spiro atoms. The number of benzene rings is 1. The van der Waals surface area contributed by atoms with E-state index in [0.717, 1.165) is 49.4 Å². The molecule has 1 aromatic carbocycles. The Hall–Kier alpha value is -2.37. The molecule has 3 aromatic rings. The van der Waals surface area contributed by atoms with Crippen molar-refractivity contribution in [3.63, 3.8) is 0 Å². The predicted molar refractivity (Wildman–Crippen MR) is 104 cm³/mol. The van der Waals surface area contributed by atoms with Gasteiger partial charge in [0.1, 0.15) is 11.8 Å². The summed E-state index contributed by atoms with van der Waals surface area (Å²) >= 11 is 0. The van der Waals surface area contributed by atoms with E-state index in [-0.39, 0.29) is 24.6 Å². The van der Waals surface area contributed by atoms with Crippen LogP contribution in [0.15, 0.2) is 45.6 Å². The van der Waals surface area contributed by atoms with Crippen LogP contribution in [0, 0.1) is 0 Å². The summed E-state index contributed by atoms with van der Waals surface area (Å²) in [5.74, 6) is 0. The highest BCUT2D eigenvalue weighted by Crippen LogP contribution is 2.40. The van der Waals surface area contributed by atoms with Crippen molar-refractivity contribution in [2.75, 3.05) is 6.61 Å². The number of aromatic nitrogens is 1. The normalized spacial score (nSPS) is 24.0. The SMILES string of the molecule is O=c1ccc2c(ccc3c4c(n(C5CCC(CO)O5)c32)CCC/C=C\C4)o1. The van der Waals surface area contributed by atoms with Crippen molar-refractivity contribution in [1.82, 2.24) is 4.57 Å². The fourth-order valence-corrected chi connectivity index (χ4v) is 4.61. The highest BCUT2D eigenvalue weighted by molar-refractivity contribution is 6.05. The minimum absolute atomic E-state index is 0.0518. The van der Waals surface area contributed by atoms with Gasteiger partial charge in [-0.25, -0.2) is 4.79 Å². The Bertz CT molecular complexity index is 1090. The van der Waals surface area contributed by atoms with Crippen molar-refractivity contribution in [2.45, 2.75) is 50.9 Å². The standard InChI is InChI=1S/C22H23NO4/c24-13-14-7-11-20(26-14)23-18-6-4-2-1-3-5-15(18)16-8-10-19-17(22(16)23)9-12-21(25)27-19/h1,3,8-10,12,14,20,24H,2,4-7,11,13H2/b3-1-. The molecule has 2 unspecified atom stereocenters. The van der Waals surface area contributed by atoms with Crippen molar-refractivity contribution >= 4 is 21.9 Å². The van der Waals surface area contributed by atoms with E-state index in [1.807, 2.05) is 12.1 Å². The fraction of sp³-hybridized carbons (Fsp3) is 0.409. The molecule has 0 saturated carbocycles. The van der Waals surface area contributed by atoms with Gasteiger partial charge < -0.3 is 18.8 Å². The molecule has 0 bridgehead atoms. The highest BCUT2D eigenvalue weighted by atomic mass is 16.5. The number of ether oxygens (including phenoxy) is 1. The molecule has 3 heterocycles. The first kappa shape index (κ1) is 16.8. The molecule has 1 aliphatic heterocycles. The lowest BCUT2D eigenvalue weighted by atomic mass is 10.0. The van der Waals surface area contributed by atoms with Crippen LogP contribution in [-0.4, -0.2) is 22.4 Å². The molecule has 1 aliphatic carbocycles. The van der Waals surface area contributed by atoms with Gasteiger partial charge in [0.15, 0.2) is 0 Å². The van der Waals surface area contributed by atoms with Gasteiger partial charge in [0, 0.05) is 22.5 Å². The third-order valence-electron chi connectivity index (χ3n) is 5.83. The summed E-state index contributed by atoms with van der Waals surface area (Å²) < 4.78 is 13.9. The molecule has 0 radical (unpaired) electrons. The maximum Gasteiger partial charge on any atom is 0.336 e. The summed E-state index contributed by atoms with van der Waals surface area (Å²) in [5, 5.41) is 11.7. The Labute approximate surface area is 156 Å². The zero-order valence-corrected chi connectivity index (χ0v) is 15.2. The van der Waals surface area contributed by atoms with E-state index in [1.165, 1.54) is 22.7 Å². The average molecular weight is 365 g/mol. The quantitative estimate of drug-likeness (QED) is 0.553. The second kappa shape index (κ2) is 6.66. The first-order chi connectivity index (χ1) is 13.3. The van der Waals surface area contributed by atoms with Crippen LogP contribution < -0.4 is 5.63 Å². The largest absolute Gasteiger partial charge is 0.423 e. The summed E-state index contributed by atoms with van der Waals surface area (Å²) in [6, 6.07) is 7.33. The summed E-state index contributed by atoms with van der Waals surface area (Å²) in [5.41, 5.74) is 4.01. The zero-order chi connectivity index (χ0) is 18.4. The minimum Gasteiger partial charge on any atom is -0.423 e. The van der Waals surface area contributed by atoms with Crippen molar-refractivity contribution in [3.8, 4) is 0 Å². The van der Waals surface area contributed by atoms with E-state index >= 15 is 0 Å². The van der Waals surface area contributed by atoms with Crippen LogP contribution in [-0.2, 0) is 17.6 Å². The smallest absolute Gasteiger partial charge is 0.336 e. The molecule has 27 heavy (non-hydrogen) atoms. The molecule has 2 aromatic heterocycles. The van der Waals surface area contributed by atoms with Gasteiger partial charge in [-0.2, -0.15) is 0 Å². The third kappa shape index (κ3) is 2.73. The first-order valence-corrected chi connectivity index (χ1v) is 9.76. The van der Waals surface area contributed by atoms with Gasteiger partial charge in [-0.05, 0) is 62.3 Å². The maximum atomic E-state index is 11.7. The number of allylic oxidation sites excluding steroid dienone is 2. The second-order valence-corrected chi connectivity index (χ2v) is 7.46. The predicted octanol–water partition coefficient (Wildman–Crippen LogP) is 3.85. The molecule has 140 valence electrons. The van der Waals surface area contributed by atoms with Crippen molar-refractivity contribution in [1.29, 1.82) is 0 Å². The van der Waals surface area contributed by atoms with Crippen LogP contribution in [0.1, 0.15) is 43.2 Å². The Kier molecular flexibility index (Phi) is 4.14. The topological polar surface area (TPSA) is 64.6 Å². The number of hydrogen-bond acceptors (Lipinski definition) is 4. The van der Waals surface area contributed by atoms with Gasteiger partial charge in [0.25, 0.3) is 0 Å². The highest BCUT2D eigenvalue weighted by Gasteiger charge is 2.31. The van der Waals surface area contributed by atoms with E-state index in [4.69, 9.17) is 9.15 Å². The molecular weight excluding hydrogens is 342 g/mol. The van der Waals surface area contributed by atoms with Crippen LogP contribution in [0.2, 0.25) is 0 Å². The lowest BCUT2D eigenvalue weighted by Crippen LogP contribution is -2.16.